The third kappa shape index (κ3) is 1.96. The molecule has 3 rings (SSSR count). The number of aromatic nitrogens is 4. The predicted molar refractivity (Wildman–Crippen MR) is 73.2 cm³/mol. The van der Waals surface area contributed by atoms with E-state index in [0.717, 1.165) is 0 Å². The van der Waals surface area contributed by atoms with Crippen molar-refractivity contribution in [2.75, 3.05) is 5.43 Å². The highest BCUT2D eigenvalue weighted by Gasteiger charge is 2.08. The predicted octanol–water partition coefficient (Wildman–Crippen LogP) is 1.66. The van der Waals surface area contributed by atoms with E-state index < -0.39 is 0 Å². The summed E-state index contributed by atoms with van der Waals surface area (Å²) >= 11 is 6.03. The van der Waals surface area contributed by atoms with Crippen LogP contribution in [0.25, 0.3) is 11.0 Å². The van der Waals surface area contributed by atoms with E-state index in [0.29, 0.717) is 21.7 Å². The van der Waals surface area contributed by atoms with Crippen molar-refractivity contribution in [3.05, 3.63) is 52.2 Å². The number of fused-ring (bicyclic) bond motifs is 1. The molecule has 6 nitrogen and oxygen atoms in total. The van der Waals surface area contributed by atoms with Crippen LogP contribution in [-0.2, 0) is 7.05 Å². The first-order valence-corrected chi connectivity index (χ1v) is 5.95. The first-order valence-electron chi connectivity index (χ1n) is 5.58. The fourth-order valence-electron chi connectivity index (χ4n) is 1.79. The van der Waals surface area contributed by atoms with E-state index in [-0.39, 0.29) is 5.56 Å². The van der Waals surface area contributed by atoms with Crippen LogP contribution in [0.3, 0.4) is 0 Å². The smallest absolute Gasteiger partial charge is 0.283 e. The lowest BCUT2D eigenvalue weighted by molar-refractivity contribution is 0.779. The van der Waals surface area contributed by atoms with Gasteiger partial charge in [-0.2, -0.15) is 5.10 Å². The maximum absolute atomic E-state index is 12.2. The normalized spacial score (nSPS) is 10.8. The molecule has 0 aliphatic rings. The van der Waals surface area contributed by atoms with Gasteiger partial charge < -0.3 is 0 Å². The summed E-state index contributed by atoms with van der Waals surface area (Å²) < 4.78 is 2.84. The largest absolute Gasteiger partial charge is 0.289 e. The molecule has 3 aromatic rings. The number of anilines is 1. The number of halogens is 1. The molecular weight excluding hydrogens is 266 g/mol. The monoisotopic (exact) mass is 275 g/mol. The highest BCUT2D eigenvalue weighted by Crippen LogP contribution is 2.20. The lowest BCUT2D eigenvalue weighted by Crippen LogP contribution is -2.26. The molecule has 96 valence electrons. The fourth-order valence-corrected chi connectivity index (χ4v) is 1.97. The average Bonchev–Trinajstić information content (AvgIpc) is 2.78. The van der Waals surface area contributed by atoms with Crippen molar-refractivity contribution in [1.29, 1.82) is 0 Å². The van der Waals surface area contributed by atoms with Crippen molar-refractivity contribution in [3.63, 3.8) is 0 Å². The van der Waals surface area contributed by atoms with Crippen LogP contribution in [0.4, 0.5) is 5.69 Å². The molecule has 0 amide bonds. The van der Waals surface area contributed by atoms with Crippen molar-refractivity contribution in [3.8, 4) is 0 Å². The van der Waals surface area contributed by atoms with Crippen LogP contribution in [0, 0.1) is 0 Å². The van der Waals surface area contributed by atoms with Gasteiger partial charge in [-0.05, 0) is 12.1 Å². The molecule has 1 aromatic carbocycles. The number of hydrogen-bond donors (Lipinski definition) is 1. The van der Waals surface area contributed by atoms with Gasteiger partial charge in [-0.3, -0.25) is 14.9 Å². The Morgan fingerprint density at radius 3 is 2.89 bits per heavy atom. The van der Waals surface area contributed by atoms with Crippen LogP contribution in [-0.4, -0.2) is 19.4 Å². The number of benzene rings is 1. The second-order valence-electron chi connectivity index (χ2n) is 4.02. The number of rotatable bonds is 2. The van der Waals surface area contributed by atoms with Crippen molar-refractivity contribution in [2.45, 2.75) is 0 Å². The Balaban J connectivity index is 2.09. The maximum atomic E-state index is 12.2. The lowest BCUT2D eigenvalue weighted by atomic mass is 10.3. The Labute approximate surface area is 113 Å². The minimum absolute atomic E-state index is 0.224. The molecule has 0 bridgehead atoms. The molecule has 0 spiro atoms. The molecule has 0 unspecified atom stereocenters. The second-order valence-corrected chi connectivity index (χ2v) is 4.42. The van der Waals surface area contributed by atoms with Crippen molar-refractivity contribution >= 4 is 28.3 Å². The summed E-state index contributed by atoms with van der Waals surface area (Å²) in [5, 5.41) is 4.99. The van der Waals surface area contributed by atoms with Crippen molar-refractivity contribution < 1.29 is 0 Å². The Bertz CT molecular complexity index is 807. The molecule has 0 radical (unpaired) electrons. The zero-order valence-corrected chi connectivity index (χ0v) is 10.8. The number of aryl methyl sites for hydroxylation is 1. The highest BCUT2D eigenvalue weighted by atomic mass is 35.5. The molecular formula is C12H10ClN5O. The molecule has 0 aliphatic carbocycles. The number of nitrogens with one attached hydrogen (secondary N) is 1. The van der Waals surface area contributed by atoms with Gasteiger partial charge in [-0.15, -0.1) is 0 Å². The van der Waals surface area contributed by atoms with Crippen molar-refractivity contribution in [1.82, 2.24) is 19.4 Å². The minimum Gasteiger partial charge on any atom is -0.289 e. The highest BCUT2D eigenvalue weighted by molar-refractivity contribution is 6.33. The summed E-state index contributed by atoms with van der Waals surface area (Å²) in [6.45, 7) is 0. The minimum atomic E-state index is -0.224. The Kier molecular flexibility index (Phi) is 2.72. The SMILES string of the molecule is Cn1ncc2c(=O)n(Nc3ccccc3Cl)cnc21. The molecule has 0 aliphatic heterocycles. The van der Waals surface area contributed by atoms with Crippen LogP contribution in [0.15, 0.2) is 41.6 Å². The van der Waals surface area contributed by atoms with E-state index in [1.807, 2.05) is 12.1 Å². The zero-order valence-electron chi connectivity index (χ0n) is 10.0. The van der Waals surface area contributed by atoms with Crippen LogP contribution in [0.2, 0.25) is 5.02 Å². The lowest BCUT2D eigenvalue weighted by Gasteiger charge is -2.09. The van der Waals surface area contributed by atoms with Gasteiger partial charge in [-0.25, -0.2) is 9.66 Å². The maximum Gasteiger partial charge on any atom is 0.283 e. The molecule has 1 N–H and O–H groups in total. The molecule has 0 fully saturated rings. The molecule has 0 saturated heterocycles. The van der Waals surface area contributed by atoms with Crippen molar-refractivity contribution in [2.24, 2.45) is 7.05 Å². The fraction of sp³-hybridized carbons (Fsp3) is 0.0833. The Morgan fingerprint density at radius 2 is 2.11 bits per heavy atom. The third-order valence-corrected chi connectivity index (χ3v) is 3.10. The van der Waals surface area contributed by atoms with Gasteiger partial charge in [0.05, 0.1) is 16.9 Å². The van der Waals surface area contributed by atoms with E-state index in [1.165, 1.54) is 17.2 Å². The standard InChI is InChI=1S/C12H10ClN5O/c1-17-11-8(6-15-17)12(19)18(7-14-11)16-10-5-3-2-4-9(10)13/h2-7,16H,1H3. The van der Waals surface area contributed by atoms with E-state index in [2.05, 4.69) is 15.5 Å². The van der Waals surface area contributed by atoms with E-state index >= 15 is 0 Å². The first kappa shape index (κ1) is 11.7. The third-order valence-electron chi connectivity index (χ3n) is 2.77. The summed E-state index contributed by atoms with van der Waals surface area (Å²) in [5.74, 6) is 0. The van der Waals surface area contributed by atoms with E-state index in [9.17, 15) is 4.79 Å². The molecule has 2 aromatic heterocycles. The Hall–Kier alpha value is -2.34. The van der Waals surface area contributed by atoms with Gasteiger partial charge in [0.2, 0.25) is 0 Å². The van der Waals surface area contributed by atoms with Gasteiger partial charge in [-0.1, -0.05) is 23.7 Å². The van der Waals surface area contributed by atoms with E-state index in [4.69, 9.17) is 11.6 Å². The van der Waals surface area contributed by atoms with Crippen LogP contribution >= 0.6 is 11.6 Å². The van der Waals surface area contributed by atoms with Crippen LogP contribution in [0.5, 0.6) is 0 Å². The summed E-state index contributed by atoms with van der Waals surface area (Å²) in [4.78, 5) is 16.4. The van der Waals surface area contributed by atoms with Crippen LogP contribution < -0.4 is 11.0 Å². The van der Waals surface area contributed by atoms with E-state index in [1.54, 1.807) is 23.9 Å². The summed E-state index contributed by atoms with van der Waals surface area (Å²) in [7, 11) is 1.74. The number of nitrogens with zero attached hydrogens (tertiary/aromatic N) is 4. The van der Waals surface area contributed by atoms with Gasteiger partial charge in [0.25, 0.3) is 5.56 Å². The van der Waals surface area contributed by atoms with Gasteiger partial charge in [0, 0.05) is 7.05 Å². The molecule has 19 heavy (non-hydrogen) atoms. The summed E-state index contributed by atoms with van der Waals surface area (Å²) in [6.07, 6.45) is 2.91. The quantitative estimate of drug-likeness (QED) is 0.772. The molecule has 2 heterocycles. The van der Waals surface area contributed by atoms with Gasteiger partial charge in [0.1, 0.15) is 11.7 Å². The summed E-state index contributed by atoms with van der Waals surface area (Å²) in [6, 6.07) is 7.17. The topological polar surface area (TPSA) is 64.7 Å². The Morgan fingerprint density at radius 1 is 1.32 bits per heavy atom. The molecule has 0 atom stereocenters. The number of para-hydroxylation sites is 1. The number of hydrogen-bond acceptors (Lipinski definition) is 4. The average molecular weight is 276 g/mol. The first-order chi connectivity index (χ1) is 9.16. The summed E-state index contributed by atoms with van der Waals surface area (Å²) in [5.41, 5.74) is 3.87. The zero-order chi connectivity index (χ0) is 13.4. The molecule has 0 saturated carbocycles. The molecule has 7 heteroatoms. The second kappa shape index (κ2) is 4.40. The van der Waals surface area contributed by atoms with Gasteiger partial charge in [0.15, 0.2) is 5.65 Å². The van der Waals surface area contributed by atoms with Gasteiger partial charge >= 0.3 is 0 Å². The van der Waals surface area contributed by atoms with Crippen LogP contribution in [0.1, 0.15) is 0 Å².